The Morgan fingerprint density at radius 3 is 2.79 bits per heavy atom. The van der Waals surface area contributed by atoms with Crippen LogP contribution in [0.5, 0.6) is 0 Å². The molecule has 1 saturated heterocycles. The van der Waals surface area contributed by atoms with Crippen LogP contribution in [-0.4, -0.2) is 57.0 Å². The summed E-state index contributed by atoms with van der Waals surface area (Å²) in [7, 11) is 0. The molecule has 1 aromatic carbocycles. The van der Waals surface area contributed by atoms with Crippen LogP contribution >= 0.6 is 0 Å². The third-order valence-corrected chi connectivity index (χ3v) is 5.65. The highest BCUT2D eigenvalue weighted by molar-refractivity contribution is 5.79. The number of hydrogen-bond acceptors (Lipinski definition) is 4. The number of amides is 1. The molecule has 1 aliphatic heterocycles. The summed E-state index contributed by atoms with van der Waals surface area (Å²) in [6, 6.07) is 11.7. The zero-order valence-electron chi connectivity index (χ0n) is 13.3. The number of H-pyrrole nitrogens is 1. The van der Waals surface area contributed by atoms with E-state index in [2.05, 4.69) is 10.2 Å². The van der Waals surface area contributed by atoms with Gasteiger partial charge in [-0.3, -0.25) is 9.89 Å². The van der Waals surface area contributed by atoms with Crippen LogP contribution in [0.25, 0.3) is 0 Å². The second-order valence-electron chi connectivity index (χ2n) is 6.84. The van der Waals surface area contributed by atoms with E-state index in [9.17, 15) is 15.0 Å². The summed E-state index contributed by atoms with van der Waals surface area (Å²) in [5, 5.41) is 27.1. The van der Waals surface area contributed by atoms with Crippen molar-refractivity contribution >= 4 is 5.91 Å². The largest absolute Gasteiger partial charge is 0.396 e. The molecule has 126 valence electrons. The molecule has 2 aromatic rings. The second kappa shape index (κ2) is 5.72. The molecule has 2 aliphatic rings. The number of nitrogens with zero attached hydrogens (tertiary/aromatic N) is 2. The van der Waals surface area contributed by atoms with Crippen molar-refractivity contribution in [1.82, 2.24) is 15.1 Å². The SMILES string of the molecule is O=C(Cc1ccn[nH]1)N1C[C@@H](O)[C@@]2(C1)[C@H](CO)[C@H]2c1ccccc1. The van der Waals surface area contributed by atoms with Gasteiger partial charge in [0.2, 0.25) is 5.91 Å². The van der Waals surface area contributed by atoms with Gasteiger partial charge in [-0.2, -0.15) is 5.10 Å². The average Bonchev–Trinajstić information content (AvgIpc) is 2.87. The molecule has 1 aromatic heterocycles. The number of benzene rings is 1. The van der Waals surface area contributed by atoms with Crippen LogP contribution < -0.4 is 0 Å². The Bertz CT molecular complexity index is 718. The minimum absolute atomic E-state index is 0.000135. The zero-order chi connectivity index (χ0) is 16.7. The maximum Gasteiger partial charge on any atom is 0.228 e. The van der Waals surface area contributed by atoms with Crippen LogP contribution in [0.3, 0.4) is 0 Å². The smallest absolute Gasteiger partial charge is 0.228 e. The number of nitrogens with one attached hydrogen (secondary N) is 1. The lowest BCUT2D eigenvalue weighted by atomic mass is 9.95. The number of likely N-dealkylation sites (tertiary alicyclic amines) is 1. The standard InChI is InChI=1S/C18H21N3O3/c22-10-14-17(12-4-2-1-3-5-12)18(14)11-21(9-15(18)23)16(24)8-13-6-7-19-20-13/h1-7,14-15,17,22-23H,8-11H2,(H,19,20)/t14-,15-,17-,18-/m1/s1. The van der Waals surface area contributed by atoms with E-state index in [0.717, 1.165) is 11.3 Å². The predicted molar refractivity (Wildman–Crippen MR) is 87.1 cm³/mol. The van der Waals surface area contributed by atoms with Crippen LogP contribution in [0.4, 0.5) is 0 Å². The van der Waals surface area contributed by atoms with E-state index in [1.807, 2.05) is 30.3 Å². The van der Waals surface area contributed by atoms with Crippen LogP contribution in [0, 0.1) is 11.3 Å². The summed E-state index contributed by atoms with van der Waals surface area (Å²) in [6.07, 6.45) is 1.27. The van der Waals surface area contributed by atoms with E-state index >= 15 is 0 Å². The van der Waals surface area contributed by atoms with Gasteiger partial charge in [-0.25, -0.2) is 0 Å². The van der Waals surface area contributed by atoms with Crippen molar-refractivity contribution in [2.24, 2.45) is 11.3 Å². The number of rotatable bonds is 4. The van der Waals surface area contributed by atoms with Gasteiger partial charge in [-0.1, -0.05) is 30.3 Å². The summed E-state index contributed by atoms with van der Waals surface area (Å²) in [6.45, 7) is 0.845. The van der Waals surface area contributed by atoms with Gasteiger partial charge >= 0.3 is 0 Å². The van der Waals surface area contributed by atoms with Crippen molar-refractivity contribution in [1.29, 1.82) is 0 Å². The van der Waals surface area contributed by atoms with Crippen molar-refractivity contribution in [2.75, 3.05) is 19.7 Å². The molecule has 4 rings (SSSR count). The van der Waals surface area contributed by atoms with Crippen molar-refractivity contribution < 1.29 is 15.0 Å². The average molecular weight is 327 g/mol. The van der Waals surface area contributed by atoms with E-state index in [0.29, 0.717) is 13.1 Å². The van der Waals surface area contributed by atoms with Crippen molar-refractivity contribution in [3.05, 3.63) is 53.9 Å². The number of carbonyl (C=O) groups excluding carboxylic acids is 1. The molecule has 0 radical (unpaired) electrons. The molecule has 3 N–H and O–H groups in total. The maximum atomic E-state index is 12.5. The van der Waals surface area contributed by atoms with Crippen molar-refractivity contribution in [3.8, 4) is 0 Å². The van der Waals surface area contributed by atoms with Gasteiger partial charge in [0.15, 0.2) is 0 Å². The van der Waals surface area contributed by atoms with Crippen LogP contribution in [0.1, 0.15) is 17.2 Å². The lowest BCUT2D eigenvalue weighted by molar-refractivity contribution is -0.129. The lowest BCUT2D eigenvalue weighted by Crippen LogP contribution is -2.31. The first-order valence-corrected chi connectivity index (χ1v) is 8.26. The summed E-state index contributed by atoms with van der Waals surface area (Å²) < 4.78 is 0. The molecule has 0 unspecified atom stereocenters. The molecule has 6 heteroatoms. The van der Waals surface area contributed by atoms with Gasteiger partial charge in [-0.15, -0.1) is 0 Å². The van der Waals surface area contributed by atoms with Gasteiger partial charge < -0.3 is 15.1 Å². The highest BCUT2D eigenvalue weighted by Crippen LogP contribution is 2.68. The Labute approximate surface area is 140 Å². The van der Waals surface area contributed by atoms with Crippen molar-refractivity contribution in [3.63, 3.8) is 0 Å². The van der Waals surface area contributed by atoms with E-state index in [1.165, 1.54) is 0 Å². The van der Waals surface area contributed by atoms with Crippen LogP contribution in [0.15, 0.2) is 42.6 Å². The highest BCUT2D eigenvalue weighted by atomic mass is 16.3. The number of aromatic nitrogens is 2. The minimum Gasteiger partial charge on any atom is -0.396 e. The van der Waals surface area contributed by atoms with Gasteiger partial charge in [-0.05, 0) is 23.5 Å². The lowest BCUT2D eigenvalue weighted by Gasteiger charge is -2.16. The molecular weight excluding hydrogens is 306 g/mol. The number of aromatic amines is 1. The fourth-order valence-corrected chi connectivity index (χ4v) is 4.42. The topological polar surface area (TPSA) is 89.5 Å². The van der Waals surface area contributed by atoms with Crippen LogP contribution in [0.2, 0.25) is 0 Å². The molecule has 2 fully saturated rings. The van der Waals surface area contributed by atoms with E-state index in [4.69, 9.17) is 0 Å². The summed E-state index contributed by atoms with van der Waals surface area (Å²) in [5.41, 5.74) is 1.47. The third-order valence-electron chi connectivity index (χ3n) is 5.65. The molecule has 4 atom stereocenters. The first-order valence-electron chi connectivity index (χ1n) is 8.26. The molecule has 2 heterocycles. The first kappa shape index (κ1) is 15.4. The van der Waals surface area contributed by atoms with Gasteiger partial charge in [0, 0.05) is 37.0 Å². The zero-order valence-corrected chi connectivity index (χ0v) is 13.3. The van der Waals surface area contributed by atoms with Crippen LogP contribution in [-0.2, 0) is 11.2 Å². The first-order chi connectivity index (χ1) is 11.7. The maximum absolute atomic E-state index is 12.5. The third kappa shape index (κ3) is 2.25. The molecule has 1 spiro atoms. The van der Waals surface area contributed by atoms with Crippen molar-refractivity contribution in [2.45, 2.75) is 18.4 Å². The summed E-state index contributed by atoms with van der Waals surface area (Å²) in [5.74, 6) is 0.0779. The van der Waals surface area contributed by atoms with E-state index in [1.54, 1.807) is 17.2 Å². The Morgan fingerprint density at radius 2 is 2.12 bits per heavy atom. The fraction of sp³-hybridized carbons (Fsp3) is 0.444. The number of carbonyl (C=O) groups is 1. The molecule has 1 saturated carbocycles. The molecule has 24 heavy (non-hydrogen) atoms. The number of hydrogen-bond donors (Lipinski definition) is 3. The Hall–Kier alpha value is -2.18. The number of aliphatic hydroxyl groups is 2. The number of β-amino-alcohol motifs (C(OH)–C–C–N with tert-alkyl or cyclic N) is 1. The molecule has 6 nitrogen and oxygen atoms in total. The Kier molecular flexibility index (Phi) is 3.66. The van der Waals surface area contributed by atoms with Gasteiger partial charge in [0.05, 0.1) is 12.5 Å². The Morgan fingerprint density at radius 1 is 1.33 bits per heavy atom. The predicted octanol–water partition coefficient (Wildman–Crippen LogP) is 0.548. The second-order valence-corrected chi connectivity index (χ2v) is 6.84. The highest BCUT2D eigenvalue weighted by Gasteiger charge is 2.71. The fourth-order valence-electron chi connectivity index (χ4n) is 4.42. The summed E-state index contributed by atoms with van der Waals surface area (Å²) in [4.78, 5) is 14.2. The molecule has 1 amide bonds. The van der Waals surface area contributed by atoms with Gasteiger partial charge in [0.25, 0.3) is 0 Å². The molecule has 1 aliphatic carbocycles. The summed E-state index contributed by atoms with van der Waals surface area (Å²) >= 11 is 0. The minimum atomic E-state index is -0.606. The molecular formula is C18H21N3O3. The normalized spacial score (nSPS) is 31.6. The molecule has 0 bridgehead atoms. The number of aliphatic hydroxyl groups excluding tert-OH is 2. The monoisotopic (exact) mass is 327 g/mol. The van der Waals surface area contributed by atoms with E-state index in [-0.39, 0.29) is 30.8 Å². The quantitative estimate of drug-likeness (QED) is 0.765. The Balaban J connectivity index is 1.53. The van der Waals surface area contributed by atoms with Gasteiger partial charge in [0.1, 0.15) is 0 Å². The van der Waals surface area contributed by atoms with E-state index < -0.39 is 11.5 Å².